The number of hydrogen-bond donors (Lipinski definition) is 2. The van der Waals surface area contributed by atoms with Gasteiger partial charge in [-0.05, 0) is 43.3 Å². The van der Waals surface area contributed by atoms with Gasteiger partial charge in [-0.15, -0.1) is 0 Å². The molecule has 0 aliphatic carbocycles. The van der Waals surface area contributed by atoms with Gasteiger partial charge in [0.2, 0.25) is 0 Å². The summed E-state index contributed by atoms with van der Waals surface area (Å²) >= 11 is 0. The van der Waals surface area contributed by atoms with Gasteiger partial charge in [0.1, 0.15) is 0 Å². The summed E-state index contributed by atoms with van der Waals surface area (Å²) in [6.45, 7) is 1.94. The number of ether oxygens (including phenoxy) is 1. The van der Waals surface area contributed by atoms with E-state index in [2.05, 4.69) is 10.6 Å². The maximum absolute atomic E-state index is 13.1. The highest BCUT2D eigenvalue weighted by Gasteiger charge is 2.09. The Morgan fingerprint density at radius 1 is 0.957 bits per heavy atom. The molecular formula is C16H14F2N2O3. The lowest BCUT2D eigenvalue weighted by molar-refractivity contribution is 0.102. The van der Waals surface area contributed by atoms with Crippen molar-refractivity contribution < 1.29 is 23.1 Å². The lowest BCUT2D eigenvalue weighted by Crippen LogP contribution is -2.14. The Kier molecular flexibility index (Phi) is 5.24. The van der Waals surface area contributed by atoms with Crippen molar-refractivity contribution in [2.75, 3.05) is 17.2 Å². The van der Waals surface area contributed by atoms with Crippen molar-refractivity contribution in [1.82, 2.24) is 0 Å². The Bertz CT molecular complexity index is 718. The Balaban J connectivity index is 2.02. The van der Waals surface area contributed by atoms with E-state index in [1.807, 2.05) is 0 Å². The number of carbonyl (C=O) groups is 2. The molecule has 2 aromatic rings. The summed E-state index contributed by atoms with van der Waals surface area (Å²) in [5.41, 5.74) is 0.902. The Morgan fingerprint density at radius 3 is 2.22 bits per heavy atom. The van der Waals surface area contributed by atoms with Crippen LogP contribution in [0.4, 0.5) is 25.0 Å². The van der Waals surface area contributed by atoms with Crippen LogP contribution in [0.15, 0.2) is 42.5 Å². The Hall–Kier alpha value is -2.96. The van der Waals surface area contributed by atoms with Crippen LogP contribution in [0.25, 0.3) is 0 Å². The minimum Gasteiger partial charge on any atom is -0.450 e. The predicted octanol–water partition coefficient (Wildman–Crippen LogP) is 3.79. The molecule has 0 aliphatic rings. The molecule has 0 unspecified atom stereocenters. The van der Waals surface area contributed by atoms with Crippen LogP contribution < -0.4 is 10.6 Å². The smallest absolute Gasteiger partial charge is 0.411 e. The first-order valence-corrected chi connectivity index (χ1v) is 6.80. The maximum Gasteiger partial charge on any atom is 0.411 e. The van der Waals surface area contributed by atoms with Gasteiger partial charge >= 0.3 is 6.09 Å². The molecule has 2 aromatic carbocycles. The van der Waals surface area contributed by atoms with Gasteiger partial charge < -0.3 is 10.1 Å². The van der Waals surface area contributed by atoms with Crippen molar-refractivity contribution in [3.8, 4) is 0 Å². The number of amides is 2. The second-order valence-electron chi connectivity index (χ2n) is 4.51. The number of rotatable bonds is 4. The van der Waals surface area contributed by atoms with Gasteiger partial charge in [0.25, 0.3) is 5.91 Å². The first kappa shape index (κ1) is 16.4. The minimum atomic E-state index is -1.04. The van der Waals surface area contributed by atoms with E-state index in [1.54, 1.807) is 6.92 Å². The molecule has 0 spiro atoms. The van der Waals surface area contributed by atoms with Crippen LogP contribution in [0.1, 0.15) is 17.3 Å². The van der Waals surface area contributed by atoms with Crippen molar-refractivity contribution >= 4 is 23.4 Å². The molecule has 5 nitrogen and oxygen atoms in total. The standard InChI is InChI=1S/C16H14F2N2O3/c1-2-23-16(22)20-11-5-3-10(4-6-11)15(21)19-12-7-8-13(17)14(18)9-12/h3-9H,2H2,1H3,(H,19,21)(H,20,22). The molecule has 0 bridgehead atoms. The molecule has 0 aromatic heterocycles. The van der Waals surface area contributed by atoms with Crippen molar-refractivity contribution in [2.45, 2.75) is 6.92 Å². The summed E-state index contributed by atoms with van der Waals surface area (Å²) in [5, 5.41) is 4.94. The monoisotopic (exact) mass is 320 g/mol. The molecule has 7 heteroatoms. The minimum absolute atomic E-state index is 0.141. The van der Waals surface area contributed by atoms with Gasteiger partial charge in [-0.3, -0.25) is 10.1 Å². The van der Waals surface area contributed by atoms with Crippen LogP contribution in [-0.4, -0.2) is 18.6 Å². The number of nitrogens with one attached hydrogen (secondary N) is 2. The molecule has 0 aliphatic heterocycles. The third-order valence-electron chi connectivity index (χ3n) is 2.85. The average molecular weight is 320 g/mol. The third-order valence-corrected chi connectivity index (χ3v) is 2.85. The van der Waals surface area contributed by atoms with E-state index in [0.717, 1.165) is 12.1 Å². The average Bonchev–Trinajstić information content (AvgIpc) is 2.52. The Labute approximate surface area is 131 Å². The number of anilines is 2. The number of hydrogen-bond acceptors (Lipinski definition) is 3. The van der Waals surface area contributed by atoms with Crippen LogP contribution in [0.3, 0.4) is 0 Å². The first-order valence-electron chi connectivity index (χ1n) is 6.80. The topological polar surface area (TPSA) is 67.4 Å². The zero-order valence-electron chi connectivity index (χ0n) is 12.2. The van der Waals surface area contributed by atoms with Crippen molar-refractivity contribution in [2.24, 2.45) is 0 Å². The quantitative estimate of drug-likeness (QED) is 0.901. The lowest BCUT2D eigenvalue weighted by atomic mass is 10.2. The fourth-order valence-corrected chi connectivity index (χ4v) is 1.77. The van der Waals surface area contributed by atoms with Crippen LogP contribution >= 0.6 is 0 Å². The molecule has 0 saturated heterocycles. The summed E-state index contributed by atoms with van der Waals surface area (Å²) in [5.74, 6) is -2.52. The van der Waals surface area contributed by atoms with Crippen LogP contribution in [0.2, 0.25) is 0 Å². The summed E-state index contributed by atoms with van der Waals surface area (Å²) in [4.78, 5) is 23.3. The van der Waals surface area contributed by atoms with Crippen molar-refractivity contribution in [3.05, 3.63) is 59.7 Å². The SMILES string of the molecule is CCOC(=O)Nc1ccc(C(=O)Nc2ccc(F)c(F)c2)cc1. The molecule has 2 rings (SSSR count). The Morgan fingerprint density at radius 2 is 1.61 bits per heavy atom. The second kappa shape index (κ2) is 7.35. The highest BCUT2D eigenvalue weighted by atomic mass is 19.2. The summed E-state index contributed by atoms with van der Waals surface area (Å²) < 4.78 is 30.6. The number of benzene rings is 2. The summed E-state index contributed by atoms with van der Waals surface area (Å²) in [6, 6.07) is 9.09. The zero-order chi connectivity index (χ0) is 16.8. The molecule has 120 valence electrons. The van der Waals surface area contributed by atoms with E-state index in [1.165, 1.54) is 30.3 Å². The fourth-order valence-electron chi connectivity index (χ4n) is 1.77. The van der Waals surface area contributed by atoms with Crippen LogP contribution in [0.5, 0.6) is 0 Å². The summed E-state index contributed by atoms with van der Waals surface area (Å²) in [7, 11) is 0. The third kappa shape index (κ3) is 4.50. The van der Waals surface area contributed by atoms with Gasteiger partial charge in [0.05, 0.1) is 6.61 Å². The maximum atomic E-state index is 13.1. The second-order valence-corrected chi connectivity index (χ2v) is 4.51. The van der Waals surface area contributed by atoms with Crippen LogP contribution in [0, 0.1) is 11.6 Å². The molecule has 0 atom stereocenters. The van der Waals surface area contributed by atoms with E-state index in [4.69, 9.17) is 4.74 Å². The predicted molar refractivity (Wildman–Crippen MR) is 81.4 cm³/mol. The van der Waals surface area contributed by atoms with Gasteiger partial charge in [0.15, 0.2) is 11.6 Å². The molecule has 0 fully saturated rings. The van der Waals surface area contributed by atoms with E-state index < -0.39 is 23.6 Å². The number of carbonyl (C=O) groups excluding carboxylic acids is 2. The largest absolute Gasteiger partial charge is 0.450 e. The fraction of sp³-hybridized carbons (Fsp3) is 0.125. The van der Waals surface area contributed by atoms with Gasteiger partial charge in [0, 0.05) is 23.0 Å². The highest BCUT2D eigenvalue weighted by Crippen LogP contribution is 2.15. The van der Waals surface area contributed by atoms with E-state index >= 15 is 0 Å². The zero-order valence-corrected chi connectivity index (χ0v) is 12.2. The van der Waals surface area contributed by atoms with E-state index in [-0.39, 0.29) is 12.3 Å². The molecule has 2 N–H and O–H groups in total. The number of halogens is 2. The van der Waals surface area contributed by atoms with Crippen molar-refractivity contribution in [1.29, 1.82) is 0 Å². The van der Waals surface area contributed by atoms with Gasteiger partial charge in [-0.2, -0.15) is 0 Å². The van der Waals surface area contributed by atoms with E-state index in [0.29, 0.717) is 11.3 Å². The first-order chi connectivity index (χ1) is 11.0. The summed E-state index contributed by atoms with van der Waals surface area (Å²) in [6.07, 6.45) is -0.591. The van der Waals surface area contributed by atoms with Gasteiger partial charge in [-0.25, -0.2) is 13.6 Å². The van der Waals surface area contributed by atoms with Crippen molar-refractivity contribution in [3.63, 3.8) is 0 Å². The highest BCUT2D eigenvalue weighted by molar-refractivity contribution is 6.04. The lowest BCUT2D eigenvalue weighted by Gasteiger charge is -2.08. The molecule has 2 amide bonds. The van der Waals surface area contributed by atoms with Gasteiger partial charge in [-0.1, -0.05) is 0 Å². The molecule has 0 radical (unpaired) electrons. The molecule has 0 saturated carbocycles. The molecule has 23 heavy (non-hydrogen) atoms. The normalized spacial score (nSPS) is 10.0. The molecular weight excluding hydrogens is 306 g/mol. The van der Waals surface area contributed by atoms with E-state index in [9.17, 15) is 18.4 Å². The van der Waals surface area contributed by atoms with Crippen LogP contribution in [-0.2, 0) is 4.74 Å². The molecule has 0 heterocycles.